The van der Waals surface area contributed by atoms with Crippen LogP contribution in [-0.2, 0) is 11.2 Å². The summed E-state index contributed by atoms with van der Waals surface area (Å²) in [6.45, 7) is 3.45. The number of benzene rings is 2. The molecule has 0 aliphatic heterocycles. The number of carbonyl (C=O) groups excluding carboxylic acids is 1. The van der Waals surface area contributed by atoms with E-state index in [0.29, 0.717) is 45.5 Å². The Bertz CT molecular complexity index is 1010. The van der Waals surface area contributed by atoms with Gasteiger partial charge in [-0.3, -0.25) is 9.59 Å². The molecule has 0 radical (unpaired) electrons. The van der Waals surface area contributed by atoms with Gasteiger partial charge in [0.15, 0.2) is 5.78 Å². The van der Waals surface area contributed by atoms with Gasteiger partial charge in [-0.1, -0.05) is 6.92 Å². The molecule has 3 rings (SSSR count). The molecule has 0 aliphatic carbocycles. The molecule has 0 amide bonds. The number of hydrogen-bond donors (Lipinski definition) is 2. The van der Waals surface area contributed by atoms with Gasteiger partial charge >= 0.3 is 5.97 Å². The minimum atomic E-state index is -0.965. The number of carbonyl (C=O) groups is 2. The highest BCUT2D eigenvalue weighted by atomic mass is 19.1. The Balaban J connectivity index is 2.02. The van der Waals surface area contributed by atoms with Crippen LogP contribution in [0.2, 0.25) is 0 Å². The Morgan fingerprint density at radius 2 is 1.96 bits per heavy atom. The second kappa shape index (κ2) is 7.00. The lowest BCUT2D eigenvalue weighted by Crippen LogP contribution is -2.13. The third-order valence-corrected chi connectivity index (χ3v) is 4.19. The summed E-state index contributed by atoms with van der Waals surface area (Å²) in [5.41, 5.74) is 2.62. The molecule has 0 spiro atoms. The summed E-state index contributed by atoms with van der Waals surface area (Å²) in [6, 6.07) is 9.18. The maximum absolute atomic E-state index is 13.4. The van der Waals surface area contributed by atoms with Crippen LogP contribution in [0.4, 0.5) is 10.1 Å². The van der Waals surface area contributed by atoms with Gasteiger partial charge in [0.25, 0.3) is 0 Å². The molecule has 0 saturated heterocycles. The molecule has 26 heavy (non-hydrogen) atoms. The zero-order chi connectivity index (χ0) is 18.8. The Labute approximate surface area is 149 Å². The Kier molecular flexibility index (Phi) is 4.75. The van der Waals surface area contributed by atoms with E-state index < -0.39 is 11.8 Å². The highest BCUT2D eigenvalue weighted by Gasteiger charge is 2.22. The van der Waals surface area contributed by atoms with Crippen molar-refractivity contribution in [3.63, 3.8) is 0 Å². The largest absolute Gasteiger partial charge is 0.480 e. The van der Waals surface area contributed by atoms with Gasteiger partial charge in [-0.15, -0.1) is 0 Å². The average molecular weight is 355 g/mol. The molecule has 6 heteroatoms. The molecule has 0 bridgehead atoms. The first-order valence-electron chi connectivity index (χ1n) is 8.22. The number of halogens is 1. The minimum absolute atomic E-state index is 0.200. The molecule has 5 nitrogen and oxygen atoms in total. The standard InChI is InChI=1S/C20H18FNO4/c1-3-16-19(15-6-4-12(21)9-17(15)26-16)20(25)14-7-5-13(8-11(14)2)22-10-18(23)24/h4-9,22H,3,10H2,1-2H3,(H,23,24). The number of ketones is 1. The molecule has 2 aromatic carbocycles. The van der Waals surface area contributed by atoms with Crippen molar-refractivity contribution in [2.75, 3.05) is 11.9 Å². The van der Waals surface area contributed by atoms with Crippen LogP contribution in [0, 0.1) is 12.7 Å². The first kappa shape index (κ1) is 17.7. The van der Waals surface area contributed by atoms with Gasteiger partial charge in [-0.2, -0.15) is 0 Å². The predicted molar refractivity (Wildman–Crippen MR) is 96.3 cm³/mol. The van der Waals surface area contributed by atoms with E-state index >= 15 is 0 Å². The number of anilines is 1. The maximum Gasteiger partial charge on any atom is 0.322 e. The number of nitrogens with one attached hydrogen (secondary N) is 1. The Morgan fingerprint density at radius 3 is 2.62 bits per heavy atom. The summed E-state index contributed by atoms with van der Waals surface area (Å²) >= 11 is 0. The van der Waals surface area contributed by atoms with Crippen LogP contribution >= 0.6 is 0 Å². The number of fused-ring (bicyclic) bond motifs is 1. The van der Waals surface area contributed by atoms with E-state index in [0.717, 1.165) is 0 Å². The lowest BCUT2D eigenvalue weighted by Gasteiger charge is -2.09. The first-order valence-corrected chi connectivity index (χ1v) is 8.22. The predicted octanol–water partition coefficient (Wildman–Crippen LogP) is 4.17. The van der Waals surface area contributed by atoms with Crippen LogP contribution in [-0.4, -0.2) is 23.4 Å². The third kappa shape index (κ3) is 3.31. The summed E-state index contributed by atoms with van der Waals surface area (Å²) in [5.74, 6) is -1.07. The van der Waals surface area contributed by atoms with E-state index in [9.17, 15) is 14.0 Å². The number of carboxylic acid groups (broad SMARTS) is 1. The van der Waals surface area contributed by atoms with Gasteiger partial charge < -0.3 is 14.8 Å². The molecule has 3 aromatic rings. The number of rotatable bonds is 6. The van der Waals surface area contributed by atoms with Crippen molar-refractivity contribution in [3.05, 3.63) is 64.7 Å². The van der Waals surface area contributed by atoms with E-state index in [-0.39, 0.29) is 12.3 Å². The Morgan fingerprint density at radius 1 is 1.19 bits per heavy atom. The molecule has 2 N–H and O–H groups in total. The van der Waals surface area contributed by atoms with E-state index in [1.54, 1.807) is 31.2 Å². The summed E-state index contributed by atoms with van der Waals surface area (Å²) in [5, 5.41) is 12.1. The normalized spacial score (nSPS) is 10.9. The number of aryl methyl sites for hydroxylation is 2. The van der Waals surface area contributed by atoms with E-state index in [1.165, 1.54) is 12.1 Å². The lowest BCUT2D eigenvalue weighted by molar-refractivity contribution is -0.134. The number of carboxylic acids is 1. The molecule has 1 aromatic heterocycles. The molecule has 134 valence electrons. The van der Waals surface area contributed by atoms with Crippen molar-refractivity contribution in [2.24, 2.45) is 0 Å². The van der Waals surface area contributed by atoms with Crippen LogP contribution < -0.4 is 5.32 Å². The lowest BCUT2D eigenvalue weighted by atomic mass is 9.96. The second-order valence-corrected chi connectivity index (χ2v) is 6.00. The van der Waals surface area contributed by atoms with Gasteiger partial charge in [0.2, 0.25) is 0 Å². The summed E-state index contributed by atoms with van der Waals surface area (Å²) in [7, 11) is 0. The fraction of sp³-hybridized carbons (Fsp3) is 0.200. The monoisotopic (exact) mass is 355 g/mol. The topological polar surface area (TPSA) is 79.5 Å². The fourth-order valence-electron chi connectivity index (χ4n) is 2.96. The fourth-order valence-corrected chi connectivity index (χ4v) is 2.96. The third-order valence-electron chi connectivity index (χ3n) is 4.19. The van der Waals surface area contributed by atoms with E-state index in [2.05, 4.69) is 5.32 Å². The van der Waals surface area contributed by atoms with Crippen LogP contribution in [0.3, 0.4) is 0 Å². The zero-order valence-corrected chi connectivity index (χ0v) is 14.4. The van der Waals surface area contributed by atoms with Crippen molar-refractivity contribution in [1.29, 1.82) is 0 Å². The molecular weight excluding hydrogens is 337 g/mol. The highest BCUT2D eigenvalue weighted by molar-refractivity contribution is 6.17. The number of aliphatic carboxylic acids is 1. The van der Waals surface area contributed by atoms with Gasteiger partial charge in [0, 0.05) is 29.1 Å². The number of hydrogen-bond acceptors (Lipinski definition) is 4. The molecule has 0 fully saturated rings. The van der Waals surface area contributed by atoms with Gasteiger partial charge in [-0.05, 0) is 42.8 Å². The van der Waals surface area contributed by atoms with Crippen molar-refractivity contribution in [3.8, 4) is 0 Å². The van der Waals surface area contributed by atoms with Gasteiger partial charge in [0.1, 0.15) is 23.7 Å². The summed E-state index contributed by atoms with van der Waals surface area (Å²) < 4.78 is 19.1. The van der Waals surface area contributed by atoms with Crippen molar-refractivity contribution in [1.82, 2.24) is 0 Å². The molecule has 1 heterocycles. The molecule has 0 atom stereocenters. The summed E-state index contributed by atoms with van der Waals surface area (Å²) in [4.78, 5) is 23.8. The van der Waals surface area contributed by atoms with Crippen LogP contribution in [0.5, 0.6) is 0 Å². The van der Waals surface area contributed by atoms with Crippen molar-refractivity contribution < 1.29 is 23.5 Å². The molecular formula is C20H18FNO4. The van der Waals surface area contributed by atoms with Crippen LogP contribution in [0.25, 0.3) is 11.0 Å². The zero-order valence-electron chi connectivity index (χ0n) is 14.4. The van der Waals surface area contributed by atoms with Crippen molar-refractivity contribution >= 4 is 28.4 Å². The smallest absolute Gasteiger partial charge is 0.322 e. The minimum Gasteiger partial charge on any atom is -0.480 e. The molecule has 0 aliphatic rings. The Hall–Kier alpha value is -3.15. The van der Waals surface area contributed by atoms with Gasteiger partial charge in [-0.25, -0.2) is 4.39 Å². The number of furan rings is 1. The second-order valence-electron chi connectivity index (χ2n) is 6.00. The quantitative estimate of drug-likeness (QED) is 0.649. The SMILES string of the molecule is CCc1oc2cc(F)ccc2c1C(=O)c1ccc(NCC(=O)O)cc1C. The van der Waals surface area contributed by atoms with E-state index in [1.807, 2.05) is 6.92 Å². The first-order chi connectivity index (χ1) is 12.4. The highest BCUT2D eigenvalue weighted by Crippen LogP contribution is 2.30. The van der Waals surface area contributed by atoms with Gasteiger partial charge in [0.05, 0.1) is 5.56 Å². The average Bonchev–Trinajstić information content (AvgIpc) is 2.97. The molecule has 0 saturated carbocycles. The maximum atomic E-state index is 13.4. The molecule has 0 unspecified atom stereocenters. The van der Waals surface area contributed by atoms with Crippen LogP contribution in [0.15, 0.2) is 40.8 Å². The van der Waals surface area contributed by atoms with Crippen LogP contribution in [0.1, 0.15) is 34.2 Å². The summed E-state index contributed by atoms with van der Waals surface area (Å²) in [6.07, 6.45) is 0.509. The van der Waals surface area contributed by atoms with Crippen molar-refractivity contribution in [2.45, 2.75) is 20.3 Å². The van der Waals surface area contributed by atoms with E-state index in [4.69, 9.17) is 9.52 Å².